The topological polar surface area (TPSA) is 89.5 Å². The highest BCUT2D eigenvalue weighted by atomic mass is 35.5. The van der Waals surface area contributed by atoms with Crippen LogP contribution in [0.1, 0.15) is 5.56 Å². The lowest BCUT2D eigenvalue weighted by molar-refractivity contribution is 0.0795. The highest BCUT2D eigenvalue weighted by Crippen LogP contribution is 2.16. The van der Waals surface area contributed by atoms with Crippen LogP contribution in [0.4, 0.5) is 0 Å². The molecule has 2 rings (SSSR count). The molecule has 0 unspecified atom stereocenters. The average molecular weight is 376 g/mol. The predicted molar refractivity (Wildman–Crippen MR) is 86.1 cm³/mol. The maximum Gasteiger partial charge on any atom is 0.262 e. The van der Waals surface area contributed by atoms with Gasteiger partial charge in [-0.2, -0.15) is 0 Å². The van der Waals surface area contributed by atoms with Crippen LogP contribution >= 0.6 is 11.6 Å². The minimum Gasteiger partial charge on any atom is -0.282 e. The van der Waals surface area contributed by atoms with Crippen molar-refractivity contribution >= 4 is 31.5 Å². The molecule has 0 radical (unpaired) electrons. The summed E-state index contributed by atoms with van der Waals surface area (Å²) in [6.45, 7) is 0.00215. The summed E-state index contributed by atoms with van der Waals surface area (Å²) in [5, 5.41) is 0.562. The average Bonchev–Trinajstić information content (AvgIpc) is 2.48. The molecule has 124 valence electrons. The lowest BCUT2D eigenvalue weighted by Gasteiger charge is -2.08. The molecule has 0 heterocycles. The van der Waals surface area contributed by atoms with Crippen LogP contribution in [-0.2, 0) is 31.3 Å². The van der Waals surface area contributed by atoms with Gasteiger partial charge in [-0.25, -0.2) is 16.8 Å². The Labute approximate surface area is 140 Å². The van der Waals surface area contributed by atoms with E-state index in [0.717, 1.165) is 17.9 Å². The summed E-state index contributed by atoms with van der Waals surface area (Å²) in [7, 11) is -7.48. The fourth-order valence-corrected chi connectivity index (χ4v) is 3.41. The molecule has 2 aromatic rings. The van der Waals surface area contributed by atoms with Crippen molar-refractivity contribution in [2.75, 3.05) is 6.26 Å². The molecule has 0 fully saturated rings. The van der Waals surface area contributed by atoms with Crippen LogP contribution in [-0.4, -0.2) is 23.1 Å². The van der Waals surface area contributed by atoms with Crippen molar-refractivity contribution in [3.63, 3.8) is 0 Å². The van der Waals surface area contributed by atoms with Crippen LogP contribution in [0, 0.1) is 0 Å². The maximum atomic E-state index is 12.1. The van der Waals surface area contributed by atoms with Gasteiger partial charge in [-0.3, -0.25) is 4.84 Å². The van der Waals surface area contributed by atoms with Gasteiger partial charge >= 0.3 is 0 Å². The Bertz CT molecular complexity index is 893. The van der Waals surface area contributed by atoms with E-state index in [4.69, 9.17) is 16.4 Å². The minimum absolute atomic E-state index is 0.00215. The van der Waals surface area contributed by atoms with Crippen LogP contribution in [0.15, 0.2) is 58.3 Å². The van der Waals surface area contributed by atoms with Crippen molar-refractivity contribution in [1.29, 1.82) is 0 Å². The standard InChI is InChI=1S/C14H14ClNO5S2/c1-22(17,18)13-3-2-4-14(9-13)23(19,20)16-21-10-11-5-7-12(15)8-6-11/h2-9,16H,10H2,1H3. The molecule has 2 aromatic carbocycles. The van der Waals surface area contributed by atoms with Gasteiger partial charge in [-0.05, 0) is 35.9 Å². The quantitative estimate of drug-likeness (QED) is 0.781. The van der Waals surface area contributed by atoms with Gasteiger partial charge in [-0.1, -0.05) is 34.7 Å². The van der Waals surface area contributed by atoms with Crippen LogP contribution in [0.25, 0.3) is 0 Å². The summed E-state index contributed by atoms with van der Waals surface area (Å²) in [5.41, 5.74) is 0.724. The van der Waals surface area contributed by atoms with E-state index in [1.807, 2.05) is 4.89 Å². The van der Waals surface area contributed by atoms with Crippen LogP contribution in [0.5, 0.6) is 0 Å². The van der Waals surface area contributed by atoms with Crippen LogP contribution in [0.2, 0.25) is 5.02 Å². The molecule has 0 aliphatic heterocycles. The fourth-order valence-electron chi connectivity index (χ4n) is 1.69. The molecule has 0 amide bonds. The molecule has 0 bridgehead atoms. The van der Waals surface area contributed by atoms with E-state index in [1.165, 1.54) is 18.2 Å². The Hall–Kier alpha value is -1.45. The van der Waals surface area contributed by atoms with E-state index in [2.05, 4.69) is 0 Å². The predicted octanol–water partition coefficient (Wildman–Crippen LogP) is 2.15. The summed E-state index contributed by atoms with van der Waals surface area (Å²) in [6, 6.07) is 11.7. The Balaban J connectivity index is 2.08. The molecule has 1 N–H and O–H groups in total. The van der Waals surface area contributed by atoms with Crippen molar-refractivity contribution in [1.82, 2.24) is 4.89 Å². The molecule has 6 nitrogen and oxygen atoms in total. The van der Waals surface area contributed by atoms with E-state index in [9.17, 15) is 16.8 Å². The summed E-state index contributed by atoms with van der Waals surface area (Å²) in [4.78, 5) is 6.65. The molecular weight excluding hydrogens is 362 g/mol. The van der Waals surface area contributed by atoms with Crippen molar-refractivity contribution in [2.45, 2.75) is 16.4 Å². The number of hydrogen-bond acceptors (Lipinski definition) is 5. The number of sulfonamides is 1. The van der Waals surface area contributed by atoms with Gasteiger partial charge in [0.25, 0.3) is 10.0 Å². The first-order valence-corrected chi connectivity index (χ1v) is 10.1. The molecule has 0 saturated heterocycles. The largest absolute Gasteiger partial charge is 0.282 e. The van der Waals surface area contributed by atoms with Gasteiger partial charge in [0.2, 0.25) is 0 Å². The lowest BCUT2D eigenvalue weighted by atomic mass is 10.2. The highest BCUT2D eigenvalue weighted by molar-refractivity contribution is 7.91. The Morgan fingerprint density at radius 2 is 1.61 bits per heavy atom. The molecule has 0 atom stereocenters. The van der Waals surface area contributed by atoms with Crippen LogP contribution < -0.4 is 4.89 Å². The van der Waals surface area contributed by atoms with Crippen molar-refractivity contribution < 1.29 is 21.7 Å². The first kappa shape index (κ1) is 17.9. The van der Waals surface area contributed by atoms with E-state index < -0.39 is 19.9 Å². The first-order chi connectivity index (χ1) is 10.7. The zero-order valence-corrected chi connectivity index (χ0v) is 14.5. The molecule has 0 spiro atoms. The summed E-state index contributed by atoms with van der Waals surface area (Å²) >= 11 is 5.75. The minimum atomic E-state index is -3.98. The third-order valence-electron chi connectivity index (χ3n) is 2.86. The smallest absolute Gasteiger partial charge is 0.262 e. The van der Waals surface area contributed by atoms with Gasteiger partial charge < -0.3 is 0 Å². The molecule has 0 aliphatic carbocycles. The fraction of sp³-hybridized carbons (Fsp3) is 0.143. The Morgan fingerprint density at radius 1 is 1.00 bits per heavy atom. The zero-order valence-electron chi connectivity index (χ0n) is 12.1. The molecular formula is C14H14ClNO5S2. The molecule has 0 aliphatic rings. The van der Waals surface area contributed by atoms with Gasteiger partial charge in [0.1, 0.15) is 0 Å². The van der Waals surface area contributed by atoms with E-state index in [-0.39, 0.29) is 16.4 Å². The number of rotatable bonds is 6. The molecule has 0 saturated carbocycles. The first-order valence-electron chi connectivity index (χ1n) is 6.37. The van der Waals surface area contributed by atoms with Crippen molar-refractivity contribution in [3.05, 3.63) is 59.1 Å². The number of benzene rings is 2. The summed E-state index contributed by atoms with van der Waals surface area (Å²) < 4.78 is 47.2. The van der Waals surface area contributed by atoms with Crippen molar-refractivity contribution in [3.8, 4) is 0 Å². The number of halogens is 1. The second-order valence-corrected chi connectivity index (χ2v) is 8.85. The highest BCUT2D eigenvalue weighted by Gasteiger charge is 2.17. The van der Waals surface area contributed by atoms with E-state index >= 15 is 0 Å². The molecule has 0 aromatic heterocycles. The lowest BCUT2D eigenvalue weighted by Crippen LogP contribution is -2.24. The van der Waals surface area contributed by atoms with Gasteiger partial charge in [-0.15, -0.1) is 0 Å². The number of nitrogens with one attached hydrogen (secondary N) is 1. The summed E-state index contributed by atoms with van der Waals surface area (Å²) in [5.74, 6) is 0. The van der Waals surface area contributed by atoms with Crippen molar-refractivity contribution in [2.24, 2.45) is 0 Å². The zero-order chi connectivity index (χ0) is 17.1. The number of hydrogen-bond donors (Lipinski definition) is 1. The van der Waals surface area contributed by atoms with Gasteiger partial charge in [0.05, 0.1) is 16.4 Å². The SMILES string of the molecule is CS(=O)(=O)c1cccc(S(=O)(=O)NOCc2ccc(Cl)cc2)c1. The van der Waals surface area contributed by atoms with E-state index in [0.29, 0.717) is 5.02 Å². The molecule has 9 heteroatoms. The third-order valence-corrected chi connectivity index (χ3v) is 5.44. The normalized spacial score (nSPS) is 12.3. The number of sulfone groups is 1. The monoisotopic (exact) mass is 375 g/mol. The third kappa shape index (κ3) is 5.02. The van der Waals surface area contributed by atoms with E-state index in [1.54, 1.807) is 24.3 Å². The second kappa shape index (κ2) is 6.98. The van der Waals surface area contributed by atoms with Crippen LogP contribution in [0.3, 0.4) is 0 Å². The maximum absolute atomic E-state index is 12.1. The Kier molecular flexibility index (Phi) is 5.43. The Morgan fingerprint density at radius 3 is 2.22 bits per heavy atom. The van der Waals surface area contributed by atoms with Gasteiger partial charge in [0.15, 0.2) is 9.84 Å². The second-order valence-electron chi connectivity index (χ2n) is 4.75. The summed E-state index contributed by atoms with van der Waals surface area (Å²) in [6.07, 6.45) is 1.00. The van der Waals surface area contributed by atoms with Gasteiger partial charge in [0, 0.05) is 11.3 Å². The molecule has 23 heavy (non-hydrogen) atoms.